The molecule has 0 saturated carbocycles. The summed E-state index contributed by atoms with van der Waals surface area (Å²) in [4.78, 5) is 4.38. The number of aromatic nitrogens is 2. The lowest BCUT2D eigenvalue weighted by molar-refractivity contribution is 0.266. The second kappa shape index (κ2) is 6.04. The zero-order valence-corrected chi connectivity index (χ0v) is 12.5. The van der Waals surface area contributed by atoms with Gasteiger partial charge in [-0.2, -0.15) is 10.2 Å². The number of aryl methyl sites for hydroxylation is 1. The summed E-state index contributed by atoms with van der Waals surface area (Å²) in [7, 11) is 0. The van der Waals surface area contributed by atoms with E-state index in [1.807, 2.05) is 13.8 Å². The number of rotatable bonds is 5. The van der Waals surface area contributed by atoms with Crippen molar-refractivity contribution in [1.29, 1.82) is 5.26 Å². The Balaban J connectivity index is 2.24. The average molecular weight is 287 g/mol. The van der Waals surface area contributed by atoms with Gasteiger partial charge in [0.05, 0.1) is 6.07 Å². The van der Waals surface area contributed by atoms with E-state index in [-0.39, 0.29) is 11.2 Å². The molecule has 0 N–H and O–H groups in total. The first kappa shape index (κ1) is 15.2. The summed E-state index contributed by atoms with van der Waals surface area (Å²) >= 11 is 0. The molecule has 2 aromatic rings. The first-order valence-corrected chi connectivity index (χ1v) is 6.93. The Bertz CT molecular complexity index is 674. The second-order valence-corrected chi connectivity index (χ2v) is 5.65. The van der Waals surface area contributed by atoms with Crippen LogP contribution in [-0.2, 0) is 6.42 Å². The van der Waals surface area contributed by atoms with Crippen molar-refractivity contribution >= 4 is 0 Å². The van der Waals surface area contributed by atoms with E-state index in [2.05, 4.69) is 16.2 Å². The minimum absolute atomic E-state index is 0.170. The van der Waals surface area contributed by atoms with Crippen molar-refractivity contribution < 1.29 is 8.91 Å². The highest BCUT2D eigenvalue weighted by Gasteiger charge is 2.26. The summed E-state index contributed by atoms with van der Waals surface area (Å²) in [6, 6.07) is 6.67. The van der Waals surface area contributed by atoms with Gasteiger partial charge < -0.3 is 4.52 Å². The molecule has 0 saturated heterocycles. The average Bonchev–Trinajstić information content (AvgIpc) is 2.87. The fourth-order valence-electron chi connectivity index (χ4n) is 2.18. The van der Waals surface area contributed by atoms with E-state index in [1.165, 1.54) is 12.1 Å². The van der Waals surface area contributed by atoms with Crippen molar-refractivity contribution in [3.63, 3.8) is 0 Å². The molecule has 0 radical (unpaired) electrons. The summed E-state index contributed by atoms with van der Waals surface area (Å²) in [6.07, 6.45) is 1.86. The zero-order valence-electron chi connectivity index (χ0n) is 12.5. The number of hydrogen-bond acceptors (Lipinski definition) is 4. The van der Waals surface area contributed by atoms with Crippen molar-refractivity contribution in [2.75, 3.05) is 0 Å². The van der Waals surface area contributed by atoms with Crippen molar-refractivity contribution in [2.24, 2.45) is 5.41 Å². The van der Waals surface area contributed by atoms with Gasteiger partial charge in [0.1, 0.15) is 5.82 Å². The number of nitriles is 1. The molecule has 0 spiro atoms. The van der Waals surface area contributed by atoms with Gasteiger partial charge in [-0.15, -0.1) is 0 Å². The van der Waals surface area contributed by atoms with E-state index in [0.29, 0.717) is 24.6 Å². The Morgan fingerprint density at radius 3 is 2.81 bits per heavy atom. The van der Waals surface area contributed by atoms with Gasteiger partial charge in [-0.05, 0) is 42.5 Å². The van der Waals surface area contributed by atoms with Gasteiger partial charge in [0.15, 0.2) is 0 Å². The quantitative estimate of drug-likeness (QED) is 0.832. The molecule has 0 bridgehead atoms. The molecule has 1 aromatic carbocycles. The van der Waals surface area contributed by atoms with E-state index in [9.17, 15) is 4.39 Å². The van der Waals surface area contributed by atoms with Crippen molar-refractivity contribution in [3.8, 4) is 17.5 Å². The Kier molecular flexibility index (Phi) is 4.37. The summed E-state index contributed by atoms with van der Waals surface area (Å²) in [5.74, 6) is 0.679. The predicted octanol–water partition coefficient (Wildman–Crippen LogP) is 4.06. The van der Waals surface area contributed by atoms with Crippen LogP contribution in [0.4, 0.5) is 4.39 Å². The van der Waals surface area contributed by atoms with Crippen LogP contribution in [0.3, 0.4) is 0 Å². The zero-order chi connectivity index (χ0) is 15.5. The van der Waals surface area contributed by atoms with Gasteiger partial charge in [-0.25, -0.2) is 4.39 Å². The molecule has 1 heterocycles. The van der Waals surface area contributed by atoms with E-state index in [0.717, 1.165) is 17.5 Å². The molecule has 0 aliphatic heterocycles. The smallest absolute Gasteiger partial charge is 0.227 e. The van der Waals surface area contributed by atoms with Crippen LogP contribution in [0.25, 0.3) is 11.4 Å². The fourth-order valence-corrected chi connectivity index (χ4v) is 2.18. The normalized spacial score (nSPS) is 13.7. The molecule has 5 heteroatoms. The maximum Gasteiger partial charge on any atom is 0.227 e. The van der Waals surface area contributed by atoms with Crippen LogP contribution in [0.2, 0.25) is 0 Å². The molecule has 0 aliphatic rings. The molecular formula is C16H18FN3O. The molecule has 0 fully saturated rings. The van der Waals surface area contributed by atoms with Crippen molar-refractivity contribution in [1.82, 2.24) is 10.1 Å². The number of hydrogen-bond donors (Lipinski definition) is 0. The number of halogens is 1. The van der Waals surface area contributed by atoms with Gasteiger partial charge in [0.2, 0.25) is 11.7 Å². The predicted molar refractivity (Wildman–Crippen MR) is 76.8 cm³/mol. The third kappa shape index (κ3) is 3.46. The molecule has 0 amide bonds. The molecule has 110 valence electrons. The van der Waals surface area contributed by atoms with Crippen LogP contribution in [0.1, 0.15) is 38.1 Å². The highest BCUT2D eigenvalue weighted by atomic mass is 19.1. The third-order valence-corrected chi connectivity index (χ3v) is 3.83. The standard InChI is InChI=1S/C16H18FN3O/c1-4-16(3,7-8-18)10-14-19-15(20-21-14)13-6-5-12(17)9-11(13)2/h5-6,9H,4,7,10H2,1-3H3. The minimum atomic E-state index is -0.285. The summed E-state index contributed by atoms with van der Waals surface area (Å²) in [6.45, 7) is 5.88. The van der Waals surface area contributed by atoms with Crippen LogP contribution >= 0.6 is 0 Å². The van der Waals surface area contributed by atoms with E-state index in [1.54, 1.807) is 13.0 Å². The lowest BCUT2D eigenvalue weighted by Gasteiger charge is -2.22. The lowest BCUT2D eigenvalue weighted by atomic mass is 9.81. The number of benzene rings is 1. The topological polar surface area (TPSA) is 62.7 Å². The molecule has 21 heavy (non-hydrogen) atoms. The summed E-state index contributed by atoms with van der Waals surface area (Å²) in [5, 5.41) is 12.9. The SMILES string of the molecule is CCC(C)(CC#N)Cc1nc(-c2ccc(F)cc2C)no1. The summed E-state index contributed by atoms with van der Waals surface area (Å²) < 4.78 is 18.4. The molecule has 2 rings (SSSR count). The Hall–Kier alpha value is -2.22. The van der Waals surface area contributed by atoms with Crippen LogP contribution in [0.5, 0.6) is 0 Å². The Morgan fingerprint density at radius 1 is 1.43 bits per heavy atom. The lowest BCUT2D eigenvalue weighted by Crippen LogP contribution is -2.18. The monoisotopic (exact) mass is 287 g/mol. The maximum atomic E-state index is 13.1. The molecule has 1 atom stereocenters. The molecule has 1 aromatic heterocycles. The van der Waals surface area contributed by atoms with Gasteiger partial charge in [-0.3, -0.25) is 0 Å². The minimum Gasteiger partial charge on any atom is -0.339 e. The first-order chi connectivity index (χ1) is 9.97. The van der Waals surface area contributed by atoms with Gasteiger partial charge in [0.25, 0.3) is 0 Å². The highest BCUT2D eigenvalue weighted by molar-refractivity contribution is 5.59. The highest BCUT2D eigenvalue weighted by Crippen LogP contribution is 2.30. The molecule has 1 unspecified atom stereocenters. The number of nitrogens with zero attached hydrogens (tertiary/aromatic N) is 3. The van der Waals surface area contributed by atoms with E-state index in [4.69, 9.17) is 9.78 Å². The van der Waals surface area contributed by atoms with Crippen LogP contribution < -0.4 is 0 Å². The second-order valence-electron chi connectivity index (χ2n) is 5.65. The van der Waals surface area contributed by atoms with E-state index >= 15 is 0 Å². The van der Waals surface area contributed by atoms with Crippen LogP contribution in [-0.4, -0.2) is 10.1 Å². The fraction of sp³-hybridized carbons (Fsp3) is 0.438. The van der Waals surface area contributed by atoms with Crippen LogP contribution in [0.15, 0.2) is 22.7 Å². The summed E-state index contributed by atoms with van der Waals surface area (Å²) in [5.41, 5.74) is 1.35. The first-order valence-electron chi connectivity index (χ1n) is 6.93. The third-order valence-electron chi connectivity index (χ3n) is 3.83. The van der Waals surface area contributed by atoms with E-state index < -0.39 is 0 Å². The van der Waals surface area contributed by atoms with Gasteiger partial charge >= 0.3 is 0 Å². The molecular weight excluding hydrogens is 269 g/mol. The largest absolute Gasteiger partial charge is 0.339 e. The van der Waals surface area contributed by atoms with Crippen LogP contribution in [0, 0.1) is 29.5 Å². The Morgan fingerprint density at radius 2 is 2.19 bits per heavy atom. The van der Waals surface area contributed by atoms with Crippen molar-refractivity contribution in [2.45, 2.75) is 40.0 Å². The molecule has 0 aliphatic carbocycles. The van der Waals surface area contributed by atoms with Crippen molar-refractivity contribution in [3.05, 3.63) is 35.5 Å². The molecule has 4 nitrogen and oxygen atoms in total. The maximum absolute atomic E-state index is 13.1. The van der Waals surface area contributed by atoms with Gasteiger partial charge in [-0.1, -0.05) is 19.0 Å². The van der Waals surface area contributed by atoms with Gasteiger partial charge in [0, 0.05) is 18.4 Å². The Labute approximate surface area is 123 Å².